The van der Waals surface area contributed by atoms with E-state index in [1.165, 1.54) is 0 Å². The summed E-state index contributed by atoms with van der Waals surface area (Å²) in [6, 6.07) is 1.82. The molecule has 0 bridgehead atoms. The second-order valence-electron chi connectivity index (χ2n) is 5.15. The molecule has 0 aliphatic heterocycles. The quantitative estimate of drug-likeness (QED) is 0.811. The lowest BCUT2D eigenvalue weighted by Gasteiger charge is -2.18. The van der Waals surface area contributed by atoms with Crippen LogP contribution in [-0.2, 0) is 12.5 Å². The molecule has 0 radical (unpaired) electrons. The standard InChI is InChI=1S/C12H17N5/c1-12(2,3)9-5-10(13)16-11(15-9)8-6-14-17(4)7-8/h5-7H,1-4H3,(H2,13,15,16). The summed E-state index contributed by atoms with van der Waals surface area (Å²) < 4.78 is 1.72. The number of nitrogens with two attached hydrogens (primary N) is 1. The van der Waals surface area contributed by atoms with Crippen molar-refractivity contribution in [3.8, 4) is 11.4 Å². The molecule has 0 saturated heterocycles. The van der Waals surface area contributed by atoms with E-state index in [1.807, 2.05) is 19.3 Å². The van der Waals surface area contributed by atoms with Gasteiger partial charge >= 0.3 is 0 Å². The van der Waals surface area contributed by atoms with Crippen molar-refractivity contribution in [3.05, 3.63) is 24.2 Å². The van der Waals surface area contributed by atoms with Crippen LogP contribution in [0.1, 0.15) is 26.5 Å². The van der Waals surface area contributed by atoms with Gasteiger partial charge in [0.1, 0.15) is 5.82 Å². The van der Waals surface area contributed by atoms with Gasteiger partial charge in [0.15, 0.2) is 5.82 Å². The lowest BCUT2D eigenvalue weighted by atomic mass is 9.92. The van der Waals surface area contributed by atoms with Crippen molar-refractivity contribution in [2.24, 2.45) is 7.05 Å². The molecule has 0 atom stereocenters. The summed E-state index contributed by atoms with van der Waals surface area (Å²) in [5.41, 5.74) is 7.59. The smallest absolute Gasteiger partial charge is 0.164 e. The molecule has 0 amide bonds. The molecule has 5 nitrogen and oxygen atoms in total. The maximum Gasteiger partial charge on any atom is 0.164 e. The van der Waals surface area contributed by atoms with Crippen molar-refractivity contribution >= 4 is 5.82 Å². The van der Waals surface area contributed by atoms with Gasteiger partial charge in [-0.05, 0) is 0 Å². The number of nitrogens with zero attached hydrogens (tertiary/aromatic N) is 4. The molecule has 0 fully saturated rings. The molecule has 0 spiro atoms. The third-order valence-corrected chi connectivity index (χ3v) is 2.48. The Morgan fingerprint density at radius 3 is 2.47 bits per heavy atom. The highest BCUT2D eigenvalue weighted by atomic mass is 15.2. The minimum Gasteiger partial charge on any atom is -0.384 e. The van der Waals surface area contributed by atoms with Gasteiger partial charge in [0.2, 0.25) is 0 Å². The zero-order valence-corrected chi connectivity index (χ0v) is 10.6. The first-order chi connectivity index (χ1) is 7.86. The molecule has 90 valence electrons. The van der Waals surface area contributed by atoms with Gasteiger partial charge in [-0.1, -0.05) is 20.8 Å². The largest absolute Gasteiger partial charge is 0.384 e. The van der Waals surface area contributed by atoms with Crippen LogP contribution in [0.15, 0.2) is 18.5 Å². The summed E-state index contributed by atoms with van der Waals surface area (Å²) in [7, 11) is 1.86. The molecular formula is C12H17N5. The topological polar surface area (TPSA) is 69.6 Å². The zero-order valence-electron chi connectivity index (χ0n) is 10.6. The number of hydrogen-bond donors (Lipinski definition) is 1. The highest BCUT2D eigenvalue weighted by molar-refractivity contribution is 5.55. The number of aromatic nitrogens is 4. The minimum absolute atomic E-state index is 0.0476. The molecule has 5 heteroatoms. The van der Waals surface area contributed by atoms with Gasteiger partial charge in [0.25, 0.3) is 0 Å². The Bertz CT molecular complexity index is 536. The van der Waals surface area contributed by atoms with Crippen LogP contribution in [0.4, 0.5) is 5.82 Å². The Hall–Kier alpha value is -1.91. The number of nitrogen functional groups attached to an aromatic ring is 1. The molecule has 2 N–H and O–H groups in total. The van der Waals surface area contributed by atoms with Gasteiger partial charge in [-0.3, -0.25) is 4.68 Å². The van der Waals surface area contributed by atoms with Gasteiger partial charge in [0.05, 0.1) is 17.5 Å². The molecule has 0 saturated carbocycles. The van der Waals surface area contributed by atoms with E-state index in [0.29, 0.717) is 11.6 Å². The van der Waals surface area contributed by atoms with Crippen molar-refractivity contribution < 1.29 is 0 Å². The van der Waals surface area contributed by atoms with Gasteiger partial charge in [-0.25, -0.2) is 9.97 Å². The molecule has 0 aliphatic rings. The van der Waals surface area contributed by atoms with Crippen molar-refractivity contribution in [3.63, 3.8) is 0 Å². The van der Waals surface area contributed by atoms with Crippen LogP contribution >= 0.6 is 0 Å². The van der Waals surface area contributed by atoms with Gasteiger partial charge < -0.3 is 5.73 Å². The van der Waals surface area contributed by atoms with Crippen LogP contribution in [0.2, 0.25) is 0 Å². The second kappa shape index (κ2) is 3.84. The van der Waals surface area contributed by atoms with Crippen molar-refractivity contribution in [2.75, 3.05) is 5.73 Å². The highest BCUT2D eigenvalue weighted by Gasteiger charge is 2.18. The number of anilines is 1. The Kier molecular flexibility index (Phi) is 2.61. The van der Waals surface area contributed by atoms with E-state index in [2.05, 4.69) is 35.8 Å². The van der Waals surface area contributed by atoms with Crippen LogP contribution in [0.25, 0.3) is 11.4 Å². The average molecular weight is 231 g/mol. The van der Waals surface area contributed by atoms with Crippen molar-refractivity contribution in [1.82, 2.24) is 19.7 Å². The maximum absolute atomic E-state index is 5.82. The summed E-state index contributed by atoms with van der Waals surface area (Å²) >= 11 is 0. The molecule has 0 aliphatic carbocycles. The molecule has 0 aromatic carbocycles. The number of rotatable bonds is 1. The Morgan fingerprint density at radius 2 is 1.94 bits per heavy atom. The predicted octanol–water partition coefficient (Wildman–Crippen LogP) is 1.76. The highest BCUT2D eigenvalue weighted by Crippen LogP contribution is 2.24. The fraction of sp³-hybridized carbons (Fsp3) is 0.417. The summed E-state index contributed by atoms with van der Waals surface area (Å²) in [6.07, 6.45) is 3.61. The van der Waals surface area contributed by atoms with E-state index < -0.39 is 0 Å². The first-order valence-corrected chi connectivity index (χ1v) is 5.50. The van der Waals surface area contributed by atoms with E-state index in [0.717, 1.165) is 11.3 Å². The van der Waals surface area contributed by atoms with Gasteiger partial charge in [0, 0.05) is 24.7 Å². The maximum atomic E-state index is 5.82. The van der Waals surface area contributed by atoms with E-state index >= 15 is 0 Å². The third-order valence-electron chi connectivity index (χ3n) is 2.48. The second-order valence-corrected chi connectivity index (χ2v) is 5.15. The Morgan fingerprint density at radius 1 is 1.24 bits per heavy atom. The molecule has 2 rings (SSSR count). The number of aryl methyl sites for hydroxylation is 1. The third kappa shape index (κ3) is 2.43. The summed E-state index contributed by atoms with van der Waals surface area (Å²) in [4.78, 5) is 8.79. The first-order valence-electron chi connectivity index (χ1n) is 5.50. The summed E-state index contributed by atoms with van der Waals surface area (Å²) in [5.74, 6) is 1.12. The molecular weight excluding hydrogens is 214 g/mol. The monoisotopic (exact) mass is 231 g/mol. The van der Waals surface area contributed by atoms with Crippen molar-refractivity contribution in [2.45, 2.75) is 26.2 Å². The van der Waals surface area contributed by atoms with Crippen LogP contribution in [0, 0.1) is 0 Å². The fourth-order valence-electron chi connectivity index (χ4n) is 1.52. The first kappa shape index (κ1) is 11.6. The zero-order chi connectivity index (χ0) is 12.6. The fourth-order valence-corrected chi connectivity index (χ4v) is 1.52. The summed E-state index contributed by atoms with van der Waals surface area (Å²) in [5, 5.41) is 4.11. The predicted molar refractivity (Wildman–Crippen MR) is 67.3 cm³/mol. The van der Waals surface area contributed by atoms with E-state index in [9.17, 15) is 0 Å². The molecule has 2 aromatic rings. The van der Waals surface area contributed by atoms with E-state index in [1.54, 1.807) is 10.9 Å². The van der Waals surface area contributed by atoms with Crippen LogP contribution in [0.3, 0.4) is 0 Å². The molecule has 0 unspecified atom stereocenters. The van der Waals surface area contributed by atoms with Crippen LogP contribution in [-0.4, -0.2) is 19.7 Å². The van der Waals surface area contributed by atoms with Gasteiger partial charge in [-0.2, -0.15) is 5.10 Å². The van der Waals surface area contributed by atoms with Gasteiger partial charge in [-0.15, -0.1) is 0 Å². The van der Waals surface area contributed by atoms with Crippen LogP contribution < -0.4 is 5.73 Å². The lowest BCUT2D eigenvalue weighted by Crippen LogP contribution is -2.15. The average Bonchev–Trinajstić information content (AvgIpc) is 2.62. The molecule has 17 heavy (non-hydrogen) atoms. The normalized spacial score (nSPS) is 11.8. The Balaban J connectivity index is 2.52. The molecule has 2 aromatic heterocycles. The summed E-state index contributed by atoms with van der Waals surface area (Å²) in [6.45, 7) is 6.30. The molecule has 2 heterocycles. The van der Waals surface area contributed by atoms with Crippen molar-refractivity contribution in [1.29, 1.82) is 0 Å². The van der Waals surface area contributed by atoms with E-state index in [-0.39, 0.29) is 5.41 Å². The SMILES string of the molecule is Cn1cc(-c2nc(N)cc(C(C)(C)C)n2)cn1. The number of hydrogen-bond acceptors (Lipinski definition) is 4. The van der Waals surface area contributed by atoms with Crippen LogP contribution in [0.5, 0.6) is 0 Å². The Labute approximate surface area is 101 Å². The van der Waals surface area contributed by atoms with E-state index in [4.69, 9.17) is 5.73 Å². The minimum atomic E-state index is -0.0476. The lowest BCUT2D eigenvalue weighted by molar-refractivity contribution is 0.568.